The fraction of sp³-hybridized carbons (Fsp3) is 0. The number of hydrogen-bond donors (Lipinski definition) is 0. The van der Waals surface area contributed by atoms with E-state index in [0.717, 1.165) is 82.5 Å². The maximum absolute atomic E-state index is 6.25. The topological polar surface area (TPSA) is 65.0 Å². The van der Waals surface area contributed by atoms with Crippen molar-refractivity contribution in [1.29, 1.82) is 0 Å². The van der Waals surface area contributed by atoms with Crippen molar-refractivity contribution in [3.63, 3.8) is 0 Å². The third-order valence-electron chi connectivity index (χ3n) is 10.1. The molecule has 52 heavy (non-hydrogen) atoms. The number of nitrogens with zero attached hydrogens (tertiary/aromatic N) is 3. The summed E-state index contributed by atoms with van der Waals surface area (Å²) < 4.78 is 12.5. The second-order valence-corrected chi connectivity index (χ2v) is 13.2. The standard InChI is InChI=1S/C47H27N3O2/c1-2-9-31-24-32(21-18-28(31)8-1)29-16-19-30(20-17-29)45-48-46(50-47(49-45)38-12-7-15-42-44(38)37-11-4-6-14-41(37)51-42)34-23-22-33-26-39-36-10-3-5-13-40(36)52-43(39)27-35(33)25-34/h1-27H. The van der Waals surface area contributed by atoms with Gasteiger partial charge < -0.3 is 8.83 Å². The van der Waals surface area contributed by atoms with Crippen LogP contribution >= 0.6 is 0 Å². The van der Waals surface area contributed by atoms with Crippen molar-refractivity contribution in [2.75, 3.05) is 0 Å². The summed E-state index contributed by atoms with van der Waals surface area (Å²) in [5.74, 6) is 1.78. The van der Waals surface area contributed by atoms with Gasteiger partial charge in [0.15, 0.2) is 17.5 Å². The third-order valence-corrected chi connectivity index (χ3v) is 10.1. The lowest BCUT2D eigenvalue weighted by Gasteiger charge is -2.11. The molecule has 0 aliphatic carbocycles. The van der Waals surface area contributed by atoms with Gasteiger partial charge in [0.05, 0.1) is 0 Å². The minimum atomic E-state index is 0.587. The number of furan rings is 2. The van der Waals surface area contributed by atoms with E-state index in [-0.39, 0.29) is 0 Å². The van der Waals surface area contributed by atoms with E-state index >= 15 is 0 Å². The van der Waals surface area contributed by atoms with Crippen LogP contribution in [0.15, 0.2) is 173 Å². The lowest BCUT2D eigenvalue weighted by molar-refractivity contribution is 0.669. The summed E-state index contributed by atoms with van der Waals surface area (Å²) in [5.41, 5.74) is 8.34. The van der Waals surface area contributed by atoms with Crippen LogP contribution in [0, 0.1) is 0 Å². The molecule has 0 unspecified atom stereocenters. The van der Waals surface area contributed by atoms with Gasteiger partial charge in [-0.25, -0.2) is 15.0 Å². The highest BCUT2D eigenvalue weighted by molar-refractivity contribution is 6.12. The number of para-hydroxylation sites is 2. The van der Waals surface area contributed by atoms with Crippen molar-refractivity contribution >= 4 is 65.4 Å². The maximum atomic E-state index is 6.25. The zero-order valence-electron chi connectivity index (χ0n) is 27.7. The van der Waals surface area contributed by atoms with Crippen molar-refractivity contribution in [3.8, 4) is 45.3 Å². The van der Waals surface area contributed by atoms with E-state index in [1.165, 1.54) is 10.8 Å². The Morgan fingerprint density at radius 3 is 1.75 bits per heavy atom. The molecule has 0 saturated heterocycles. The Balaban J connectivity index is 1.08. The Kier molecular flexibility index (Phi) is 6.18. The van der Waals surface area contributed by atoms with E-state index < -0.39 is 0 Å². The van der Waals surface area contributed by atoms with E-state index in [0.29, 0.717) is 17.5 Å². The van der Waals surface area contributed by atoms with Gasteiger partial charge >= 0.3 is 0 Å². The van der Waals surface area contributed by atoms with Crippen LogP contribution < -0.4 is 0 Å². The zero-order chi connectivity index (χ0) is 34.2. The van der Waals surface area contributed by atoms with Gasteiger partial charge in [0, 0.05) is 38.2 Å². The number of hydrogen-bond acceptors (Lipinski definition) is 5. The van der Waals surface area contributed by atoms with Crippen molar-refractivity contribution in [2.24, 2.45) is 0 Å². The third kappa shape index (κ3) is 4.60. The minimum Gasteiger partial charge on any atom is -0.456 e. The maximum Gasteiger partial charge on any atom is 0.164 e. The molecule has 11 rings (SSSR count). The van der Waals surface area contributed by atoms with Gasteiger partial charge in [-0.15, -0.1) is 0 Å². The average molecular weight is 666 g/mol. The lowest BCUT2D eigenvalue weighted by atomic mass is 10.00. The van der Waals surface area contributed by atoms with E-state index in [1.54, 1.807) is 0 Å². The summed E-state index contributed by atoms with van der Waals surface area (Å²) in [4.78, 5) is 15.4. The van der Waals surface area contributed by atoms with Crippen molar-refractivity contribution in [2.45, 2.75) is 0 Å². The fourth-order valence-corrected chi connectivity index (χ4v) is 7.50. The summed E-state index contributed by atoms with van der Waals surface area (Å²) >= 11 is 0. The predicted molar refractivity (Wildman–Crippen MR) is 211 cm³/mol. The van der Waals surface area contributed by atoms with Gasteiger partial charge in [-0.1, -0.05) is 121 Å². The first-order chi connectivity index (χ1) is 25.7. The molecule has 3 heterocycles. The first-order valence-electron chi connectivity index (χ1n) is 17.3. The molecule has 5 nitrogen and oxygen atoms in total. The zero-order valence-corrected chi connectivity index (χ0v) is 27.7. The highest BCUT2D eigenvalue weighted by atomic mass is 16.3. The number of fused-ring (bicyclic) bond motifs is 8. The highest BCUT2D eigenvalue weighted by Gasteiger charge is 2.18. The van der Waals surface area contributed by atoms with Crippen LogP contribution in [0.5, 0.6) is 0 Å². The molecule has 3 aromatic heterocycles. The number of aromatic nitrogens is 3. The van der Waals surface area contributed by atoms with Crippen LogP contribution in [0.1, 0.15) is 0 Å². The Labute approximate surface area is 297 Å². The molecular formula is C47H27N3O2. The second-order valence-electron chi connectivity index (χ2n) is 13.2. The van der Waals surface area contributed by atoms with Crippen LogP contribution in [-0.2, 0) is 0 Å². The smallest absolute Gasteiger partial charge is 0.164 e. The fourth-order valence-electron chi connectivity index (χ4n) is 7.50. The molecule has 0 N–H and O–H groups in total. The summed E-state index contributed by atoms with van der Waals surface area (Å²) in [5, 5.41) is 8.84. The second kappa shape index (κ2) is 11.2. The molecule has 0 amide bonds. The van der Waals surface area contributed by atoms with Gasteiger partial charge in [-0.3, -0.25) is 0 Å². The van der Waals surface area contributed by atoms with Gasteiger partial charge in [0.1, 0.15) is 22.3 Å². The lowest BCUT2D eigenvalue weighted by Crippen LogP contribution is -2.00. The molecular weight excluding hydrogens is 639 g/mol. The molecule has 8 aromatic carbocycles. The van der Waals surface area contributed by atoms with Crippen LogP contribution in [0.25, 0.3) is 111 Å². The van der Waals surface area contributed by atoms with Crippen molar-refractivity contribution in [3.05, 3.63) is 164 Å². The minimum absolute atomic E-state index is 0.587. The molecule has 0 bridgehead atoms. The van der Waals surface area contributed by atoms with E-state index in [1.807, 2.05) is 48.5 Å². The summed E-state index contributed by atoms with van der Waals surface area (Å²) in [6.45, 7) is 0. The van der Waals surface area contributed by atoms with E-state index in [4.69, 9.17) is 23.8 Å². The van der Waals surface area contributed by atoms with Crippen LogP contribution in [0.2, 0.25) is 0 Å². The van der Waals surface area contributed by atoms with Crippen molar-refractivity contribution in [1.82, 2.24) is 15.0 Å². The first-order valence-corrected chi connectivity index (χ1v) is 17.3. The molecule has 0 aliphatic heterocycles. The number of benzene rings is 8. The predicted octanol–water partition coefficient (Wildman–Crippen LogP) is 12.6. The Morgan fingerprint density at radius 2 is 0.885 bits per heavy atom. The van der Waals surface area contributed by atoms with Gasteiger partial charge in [-0.05, 0) is 75.1 Å². The van der Waals surface area contributed by atoms with E-state index in [9.17, 15) is 0 Å². The largest absolute Gasteiger partial charge is 0.456 e. The summed E-state index contributed by atoms with van der Waals surface area (Å²) in [7, 11) is 0. The highest BCUT2D eigenvalue weighted by Crippen LogP contribution is 2.38. The first kappa shape index (κ1) is 28.7. The molecule has 5 heteroatoms. The normalized spacial score (nSPS) is 11.8. The average Bonchev–Trinajstić information content (AvgIpc) is 3.77. The van der Waals surface area contributed by atoms with Crippen LogP contribution in [-0.4, -0.2) is 15.0 Å². The summed E-state index contributed by atoms with van der Waals surface area (Å²) in [6, 6.07) is 56.5. The van der Waals surface area contributed by atoms with Gasteiger partial charge in [-0.2, -0.15) is 0 Å². The Morgan fingerprint density at radius 1 is 0.308 bits per heavy atom. The SMILES string of the molecule is c1ccc2cc(-c3ccc(-c4nc(-c5ccc6cc7c(cc6c5)oc5ccccc57)nc(-c5cccc6oc7ccccc7c56)n4)cc3)ccc2c1. The molecule has 0 radical (unpaired) electrons. The Bertz CT molecular complexity index is 3190. The van der Waals surface area contributed by atoms with Crippen molar-refractivity contribution < 1.29 is 8.83 Å². The molecule has 242 valence electrons. The van der Waals surface area contributed by atoms with Crippen LogP contribution in [0.3, 0.4) is 0 Å². The monoisotopic (exact) mass is 665 g/mol. The molecule has 11 aromatic rings. The van der Waals surface area contributed by atoms with E-state index in [2.05, 4.69) is 115 Å². The quantitative estimate of drug-likeness (QED) is 0.187. The molecule has 0 aliphatic rings. The molecule has 0 fully saturated rings. The molecule has 0 spiro atoms. The molecule has 0 atom stereocenters. The van der Waals surface area contributed by atoms with Gasteiger partial charge in [0.25, 0.3) is 0 Å². The number of rotatable bonds is 4. The Hall–Kier alpha value is -7.11. The van der Waals surface area contributed by atoms with Crippen LogP contribution in [0.4, 0.5) is 0 Å². The molecule has 0 saturated carbocycles. The van der Waals surface area contributed by atoms with Gasteiger partial charge in [0.2, 0.25) is 0 Å². The summed E-state index contributed by atoms with van der Waals surface area (Å²) in [6.07, 6.45) is 0.